The lowest BCUT2D eigenvalue weighted by molar-refractivity contribution is -0.193. The molecule has 12 heteroatoms. The number of benzene rings is 1. The zero-order valence-corrected chi connectivity index (χ0v) is 19.2. The Morgan fingerprint density at radius 2 is 2.09 bits per heavy atom. The molecule has 2 aliphatic heterocycles. The van der Waals surface area contributed by atoms with E-state index in [2.05, 4.69) is 20.3 Å². The number of aromatic nitrogens is 4. The number of carbonyl (C=O) groups excluding carboxylic acids is 2. The van der Waals surface area contributed by atoms with Crippen molar-refractivity contribution in [3.05, 3.63) is 52.6 Å². The molecule has 2 fully saturated rings. The van der Waals surface area contributed by atoms with Crippen LogP contribution in [0.25, 0.3) is 11.2 Å². The number of imidazole rings is 1. The Morgan fingerprint density at radius 3 is 2.83 bits per heavy atom. The molecule has 2 aromatic heterocycles. The number of nitrogens with zero attached hydrogens (tertiary/aromatic N) is 3. The number of aromatic amines is 1. The Labute approximate surface area is 199 Å². The third-order valence-corrected chi connectivity index (χ3v) is 6.08. The van der Waals surface area contributed by atoms with Crippen molar-refractivity contribution in [1.82, 2.24) is 19.5 Å². The van der Waals surface area contributed by atoms with Crippen LogP contribution >= 0.6 is 0 Å². The molecular formula is C23H25N5O7. The normalized spacial score (nSPS) is 25.5. The zero-order chi connectivity index (χ0) is 24.6. The van der Waals surface area contributed by atoms with Crippen LogP contribution in [0.2, 0.25) is 0 Å². The molecular weight excluding hydrogens is 458 g/mol. The van der Waals surface area contributed by atoms with Crippen molar-refractivity contribution in [3.8, 4) is 0 Å². The highest BCUT2D eigenvalue weighted by Crippen LogP contribution is 2.47. The summed E-state index contributed by atoms with van der Waals surface area (Å²) in [6.45, 7) is 3.38. The Bertz CT molecular complexity index is 1310. The first-order valence-electron chi connectivity index (χ1n) is 11.2. The molecule has 0 unspecified atom stereocenters. The molecule has 35 heavy (non-hydrogen) atoms. The number of H-pyrrole nitrogens is 1. The minimum Gasteiger partial charge on any atom is -0.463 e. The van der Waals surface area contributed by atoms with Gasteiger partial charge in [0.1, 0.15) is 18.9 Å². The van der Waals surface area contributed by atoms with Crippen molar-refractivity contribution in [1.29, 1.82) is 0 Å². The lowest BCUT2D eigenvalue weighted by atomic mass is 9.88. The van der Waals surface area contributed by atoms with E-state index in [9.17, 15) is 14.4 Å². The first kappa shape index (κ1) is 23.1. The summed E-state index contributed by atoms with van der Waals surface area (Å²) in [5, 5.41) is 2.48. The quantitative estimate of drug-likeness (QED) is 0.472. The number of esters is 1. The fourth-order valence-corrected chi connectivity index (χ4v) is 4.61. The van der Waals surface area contributed by atoms with E-state index in [1.54, 1.807) is 4.57 Å². The summed E-state index contributed by atoms with van der Waals surface area (Å²) in [7, 11) is 0. The molecule has 3 aromatic rings. The maximum atomic E-state index is 12.5. The fourth-order valence-electron chi connectivity index (χ4n) is 4.61. The summed E-state index contributed by atoms with van der Waals surface area (Å²) in [4.78, 5) is 46.7. The lowest BCUT2D eigenvalue weighted by Gasteiger charge is -2.37. The van der Waals surface area contributed by atoms with Crippen LogP contribution in [0.15, 0.2) is 41.5 Å². The second-order valence-corrected chi connectivity index (χ2v) is 8.67. The maximum absolute atomic E-state index is 12.5. The molecule has 4 atom stereocenters. The van der Waals surface area contributed by atoms with Crippen LogP contribution in [-0.2, 0) is 35.1 Å². The molecule has 1 amide bonds. The van der Waals surface area contributed by atoms with Gasteiger partial charge in [0.2, 0.25) is 11.9 Å². The van der Waals surface area contributed by atoms with Crippen LogP contribution in [0.1, 0.15) is 25.6 Å². The van der Waals surface area contributed by atoms with Crippen LogP contribution in [0.5, 0.6) is 0 Å². The van der Waals surface area contributed by atoms with Gasteiger partial charge in [-0.25, -0.2) is 4.98 Å². The second-order valence-electron chi connectivity index (χ2n) is 8.67. The molecule has 0 aliphatic carbocycles. The molecule has 2 aliphatic rings. The highest BCUT2D eigenvalue weighted by Gasteiger charge is 2.60. The number of rotatable bonds is 7. The fraction of sp³-hybridized carbons (Fsp3) is 0.435. The molecule has 2 N–H and O–H groups in total. The monoisotopic (exact) mass is 483 g/mol. The van der Waals surface area contributed by atoms with E-state index in [1.165, 1.54) is 20.2 Å². The molecule has 5 rings (SSSR count). The van der Waals surface area contributed by atoms with Crippen molar-refractivity contribution in [3.63, 3.8) is 0 Å². The van der Waals surface area contributed by atoms with Gasteiger partial charge in [-0.1, -0.05) is 30.3 Å². The Kier molecular flexibility index (Phi) is 6.09. The van der Waals surface area contributed by atoms with E-state index in [0.29, 0.717) is 13.2 Å². The summed E-state index contributed by atoms with van der Waals surface area (Å²) < 4.78 is 25.7. The minimum atomic E-state index is -1.06. The number of amides is 1. The lowest BCUT2D eigenvalue weighted by Crippen LogP contribution is -2.54. The molecule has 4 heterocycles. The van der Waals surface area contributed by atoms with Crippen molar-refractivity contribution in [2.75, 3.05) is 25.1 Å². The summed E-state index contributed by atoms with van der Waals surface area (Å²) in [5.74, 6) is -1.14. The van der Waals surface area contributed by atoms with Crippen molar-refractivity contribution in [2.45, 2.75) is 38.4 Å². The number of carbonyl (C=O) groups is 2. The van der Waals surface area contributed by atoms with Crippen molar-refractivity contribution >= 4 is 29.0 Å². The van der Waals surface area contributed by atoms with Crippen LogP contribution in [0.3, 0.4) is 0 Å². The summed E-state index contributed by atoms with van der Waals surface area (Å²) in [6.07, 6.45) is 0.317. The largest absolute Gasteiger partial charge is 0.463 e. The van der Waals surface area contributed by atoms with Gasteiger partial charge in [-0.15, -0.1) is 0 Å². The molecule has 184 valence electrons. The third kappa shape index (κ3) is 4.43. The predicted octanol–water partition coefficient (Wildman–Crippen LogP) is 1.14. The van der Waals surface area contributed by atoms with E-state index in [-0.39, 0.29) is 42.2 Å². The number of nitrogens with one attached hydrogen (secondary N) is 2. The van der Waals surface area contributed by atoms with E-state index < -0.39 is 29.5 Å². The van der Waals surface area contributed by atoms with E-state index >= 15 is 0 Å². The van der Waals surface area contributed by atoms with Gasteiger partial charge < -0.3 is 18.9 Å². The third-order valence-electron chi connectivity index (χ3n) is 6.08. The van der Waals surface area contributed by atoms with Crippen LogP contribution in [0, 0.1) is 5.92 Å². The average Bonchev–Trinajstić information content (AvgIpc) is 3.31. The number of hydrogen-bond donors (Lipinski definition) is 2. The van der Waals surface area contributed by atoms with Gasteiger partial charge in [0.05, 0.1) is 32.1 Å². The van der Waals surface area contributed by atoms with Gasteiger partial charge >= 0.3 is 5.97 Å². The minimum absolute atomic E-state index is 0.000438. The van der Waals surface area contributed by atoms with Gasteiger partial charge in [0, 0.05) is 13.8 Å². The molecule has 12 nitrogen and oxygen atoms in total. The molecule has 1 aromatic carbocycles. The molecule has 0 saturated carbocycles. The average molecular weight is 483 g/mol. The number of hydrogen-bond acceptors (Lipinski definition) is 9. The van der Waals surface area contributed by atoms with Crippen molar-refractivity contribution in [2.24, 2.45) is 5.92 Å². The van der Waals surface area contributed by atoms with Crippen LogP contribution in [-0.4, -0.2) is 62.9 Å². The maximum Gasteiger partial charge on any atom is 0.302 e. The first-order valence-corrected chi connectivity index (χ1v) is 11.2. The first-order chi connectivity index (χ1) is 16.9. The van der Waals surface area contributed by atoms with Crippen LogP contribution in [0.4, 0.5) is 5.95 Å². The van der Waals surface area contributed by atoms with Gasteiger partial charge in [-0.05, 0) is 5.56 Å². The zero-order valence-electron chi connectivity index (χ0n) is 19.2. The van der Waals surface area contributed by atoms with Gasteiger partial charge in [-0.3, -0.25) is 29.3 Å². The molecule has 2 bridgehead atoms. The van der Waals surface area contributed by atoms with Crippen molar-refractivity contribution < 1.29 is 28.5 Å². The standard InChI is InChI=1S/C23H25N5O7/c1-13(29)25-22-26-19-17(20(31)27-22)24-12-28(19)21-16-9-32-10-23(35-21,11-34-14(2)30)18(16)33-8-15-6-4-3-5-7-15/h3-7,12,16,18,21H,8-11H2,1-2H3,(H2,25,26,27,29,31)/t16-,18+,21-,23-/m1/s1. The number of ether oxygens (including phenoxy) is 4. The smallest absolute Gasteiger partial charge is 0.302 e. The van der Waals surface area contributed by atoms with E-state index in [4.69, 9.17) is 18.9 Å². The summed E-state index contributed by atoms with van der Waals surface area (Å²) >= 11 is 0. The van der Waals surface area contributed by atoms with Gasteiger partial charge in [0.25, 0.3) is 5.56 Å². The molecule has 2 saturated heterocycles. The topological polar surface area (TPSA) is 147 Å². The summed E-state index contributed by atoms with van der Waals surface area (Å²) in [5.41, 5.74) is -0.243. The highest BCUT2D eigenvalue weighted by atomic mass is 16.6. The van der Waals surface area contributed by atoms with E-state index in [1.807, 2.05) is 30.3 Å². The molecule has 0 radical (unpaired) electrons. The Morgan fingerprint density at radius 1 is 1.29 bits per heavy atom. The summed E-state index contributed by atoms with van der Waals surface area (Å²) in [6, 6.07) is 9.71. The van der Waals surface area contributed by atoms with Gasteiger partial charge in [0.15, 0.2) is 16.8 Å². The number of fused-ring (bicyclic) bond motifs is 3. The molecule has 0 spiro atoms. The Balaban J connectivity index is 1.51. The van der Waals surface area contributed by atoms with Gasteiger partial charge in [-0.2, -0.15) is 4.98 Å². The Hall–Kier alpha value is -3.61. The predicted molar refractivity (Wildman–Crippen MR) is 121 cm³/mol. The highest BCUT2D eigenvalue weighted by molar-refractivity contribution is 5.87. The second kappa shape index (κ2) is 9.21. The number of anilines is 1. The SMILES string of the molecule is CC(=O)Nc1nc2c(ncn2[C@@H]2O[C@@]3(COC(C)=O)COC[C@@H]2[C@@H]3OCc2ccccc2)c(=O)[nH]1. The van der Waals surface area contributed by atoms with Crippen LogP contribution < -0.4 is 10.9 Å². The van der Waals surface area contributed by atoms with E-state index in [0.717, 1.165) is 5.56 Å².